The van der Waals surface area contributed by atoms with Gasteiger partial charge >= 0.3 is 0 Å². The summed E-state index contributed by atoms with van der Waals surface area (Å²) in [6.45, 7) is 3.13. The van der Waals surface area contributed by atoms with Crippen LogP contribution in [0, 0.1) is 0 Å². The van der Waals surface area contributed by atoms with Crippen molar-refractivity contribution in [3.05, 3.63) is 24.3 Å². The van der Waals surface area contributed by atoms with E-state index in [1.807, 2.05) is 24.3 Å². The SMILES string of the molecule is CC(=O)CCCCSc1ccc(NC(C)=O)cc1. The molecule has 0 radical (unpaired) electrons. The lowest BCUT2D eigenvalue weighted by Gasteiger charge is -2.04. The van der Waals surface area contributed by atoms with Crippen molar-refractivity contribution in [1.29, 1.82) is 0 Å². The molecule has 0 bridgehead atoms. The number of unbranched alkanes of at least 4 members (excludes halogenated alkanes) is 1. The molecule has 0 fully saturated rings. The summed E-state index contributed by atoms with van der Waals surface area (Å²) in [5.41, 5.74) is 0.823. The molecule has 1 N–H and O–H groups in total. The molecule has 0 spiro atoms. The molecule has 0 saturated heterocycles. The number of hydrogen-bond donors (Lipinski definition) is 1. The number of Topliss-reactive ketones (excluding diaryl/α,β-unsaturated/α-hetero) is 1. The maximum absolute atomic E-state index is 10.9. The van der Waals surface area contributed by atoms with Crippen molar-refractivity contribution in [2.45, 2.75) is 38.0 Å². The van der Waals surface area contributed by atoms with E-state index >= 15 is 0 Å². The van der Waals surface area contributed by atoms with Gasteiger partial charge in [-0.1, -0.05) is 0 Å². The van der Waals surface area contributed by atoms with E-state index in [9.17, 15) is 9.59 Å². The lowest BCUT2D eigenvalue weighted by atomic mass is 10.2. The van der Waals surface area contributed by atoms with E-state index in [4.69, 9.17) is 0 Å². The Hall–Kier alpha value is -1.29. The van der Waals surface area contributed by atoms with Crippen LogP contribution in [0.3, 0.4) is 0 Å². The van der Waals surface area contributed by atoms with Gasteiger partial charge in [0.25, 0.3) is 0 Å². The molecule has 1 rings (SSSR count). The van der Waals surface area contributed by atoms with E-state index in [0.717, 1.165) is 24.3 Å². The van der Waals surface area contributed by atoms with Crippen LogP contribution in [0.4, 0.5) is 5.69 Å². The third-order valence-electron chi connectivity index (χ3n) is 2.37. The second-order valence-electron chi connectivity index (χ2n) is 4.21. The first-order valence-electron chi connectivity index (χ1n) is 6.08. The lowest BCUT2D eigenvalue weighted by Crippen LogP contribution is -2.05. The van der Waals surface area contributed by atoms with Gasteiger partial charge in [0.15, 0.2) is 0 Å². The Morgan fingerprint density at radius 1 is 1.11 bits per heavy atom. The minimum atomic E-state index is -0.0559. The highest BCUT2D eigenvalue weighted by atomic mass is 32.2. The zero-order chi connectivity index (χ0) is 13.4. The molecule has 0 aliphatic carbocycles. The Bertz CT molecular complexity index is 401. The van der Waals surface area contributed by atoms with E-state index in [0.29, 0.717) is 6.42 Å². The molecule has 1 aromatic rings. The van der Waals surface area contributed by atoms with Gasteiger partial charge in [-0.05, 0) is 49.8 Å². The fourth-order valence-corrected chi connectivity index (χ4v) is 2.42. The molecular weight excluding hydrogens is 246 g/mol. The predicted molar refractivity (Wildman–Crippen MR) is 76.0 cm³/mol. The van der Waals surface area contributed by atoms with E-state index in [-0.39, 0.29) is 11.7 Å². The molecule has 0 unspecified atom stereocenters. The summed E-state index contributed by atoms with van der Waals surface area (Å²) in [4.78, 5) is 22.8. The van der Waals surface area contributed by atoms with Crippen molar-refractivity contribution in [2.75, 3.05) is 11.1 Å². The van der Waals surface area contributed by atoms with Crippen molar-refractivity contribution in [3.63, 3.8) is 0 Å². The number of benzene rings is 1. The third kappa shape index (κ3) is 6.45. The third-order valence-corrected chi connectivity index (χ3v) is 3.46. The van der Waals surface area contributed by atoms with E-state index in [1.165, 1.54) is 11.8 Å². The van der Waals surface area contributed by atoms with Crippen molar-refractivity contribution in [3.8, 4) is 0 Å². The number of thioether (sulfide) groups is 1. The summed E-state index contributed by atoms with van der Waals surface area (Å²) in [5, 5.41) is 2.74. The number of carbonyl (C=O) groups excluding carboxylic acids is 2. The van der Waals surface area contributed by atoms with Crippen molar-refractivity contribution in [1.82, 2.24) is 0 Å². The zero-order valence-electron chi connectivity index (χ0n) is 10.9. The Balaban J connectivity index is 2.26. The molecule has 0 saturated carbocycles. The standard InChI is InChI=1S/C14H19NO2S/c1-11(16)5-3-4-10-18-14-8-6-13(7-9-14)15-12(2)17/h6-9H,3-5,10H2,1-2H3,(H,15,17). The second kappa shape index (κ2) is 7.93. The monoisotopic (exact) mass is 265 g/mol. The van der Waals surface area contributed by atoms with Crippen LogP contribution < -0.4 is 5.32 Å². The Labute approximate surface area is 112 Å². The average molecular weight is 265 g/mol. The van der Waals surface area contributed by atoms with Crippen molar-refractivity contribution in [2.24, 2.45) is 0 Å². The first kappa shape index (κ1) is 14.8. The van der Waals surface area contributed by atoms with Gasteiger partial charge in [-0.2, -0.15) is 0 Å². The number of ketones is 1. The second-order valence-corrected chi connectivity index (χ2v) is 5.38. The van der Waals surface area contributed by atoms with Gasteiger partial charge in [-0.15, -0.1) is 11.8 Å². The van der Waals surface area contributed by atoms with Gasteiger partial charge in [0, 0.05) is 23.9 Å². The van der Waals surface area contributed by atoms with Crippen LogP contribution in [0.5, 0.6) is 0 Å². The van der Waals surface area contributed by atoms with E-state index < -0.39 is 0 Å². The molecule has 0 aromatic heterocycles. The van der Waals surface area contributed by atoms with Crippen LogP contribution in [-0.4, -0.2) is 17.4 Å². The van der Waals surface area contributed by atoms with Gasteiger partial charge in [0.1, 0.15) is 5.78 Å². The van der Waals surface area contributed by atoms with Gasteiger partial charge in [-0.25, -0.2) is 0 Å². The number of hydrogen-bond acceptors (Lipinski definition) is 3. The summed E-state index contributed by atoms with van der Waals surface area (Å²) >= 11 is 1.78. The molecule has 0 aliphatic rings. The quantitative estimate of drug-likeness (QED) is 0.606. The molecule has 1 aromatic carbocycles. The Kier molecular flexibility index (Phi) is 6.50. The zero-order valence-corrected chi connectivity index (χ0v) is 11.7. The first-order chi connectivity index (χ1) is 8.58. The maximum atomic E-state index is 10.9. The lowest BCUT2D eigenvalue weighted by molar-refractivity contribution is -0.117. The average Bonchev–Trinajstić information content (AvgIpc) is 2.30. The van der Waals surface area contributed by atoms with E-state index in [1.54, 1.807) is 18.7 Å². The van der Waals surface area contributed by atoms with Gasteiger partial charge in [-0.3, -0.25) is 4.79 Å². The predicted octanol–water partition coefficient (Wildman–Crippen LogP) is 3.50. The molecule has 3 nitrogen and oxygen atoms in total. The number of rotatable bonds is 7. The number of anilines is 1. The molecule has 0 aliphatic heterocycles. The smallest absolute Gasteiger partial charge is 0.221 e. The summed E-state index contributed by atoms with van der Waals surface area (Å²) in [6, 6.07) is 7.81. The normalized spacial score (nSPS) is 10.1. The van der Waals surface area contributed by atoms with Crippen molar-refractivity contribution < 1.29 is 9.59 Å². The molecule has 1 amide bonds. The summed E-state index contributed by atoms with van der Waals surface area (Å²) in [7, 11) is 0. The molecule has 18 heavy (non-hydrogen) atoms. The fraction of sp³-hybridized carbons (Fsp3) is 0.429. The first-order valence-corrected chi connectivity index (χ1v) is 7.06. The largest absolute Gasteiger partial charge is 0.326 e. The molecule has 98 valence electrons. The topological polar surface area (TPSA) is 46.2 Å². The van der Waals surface area contributed by atoms with Crippen LogP contribution in [0.15, 0.2) is 29.2 Å². The molecule has 0 atom stereocenters. The van der Waals surface area contributed by atoms with Gasteiger partial charge < -0.3 is 10.1 Å². The highest BCUT2D eigenvalue weighted by Gasteiger charge is 1.98. The van der Waals surface area contributed by atoms with E-state index in [2.05, 4.69) is 5.32 Å². The van der Waals surface area contributed by atoms with Crippen LogP contribution in [0.25, 0.3) is 0 Å². The van der Waals surface area contributed by atoms with Gasteiger partial charge in [0.05, 0.1) is 0 Å². The number of nitrogens with one attached hydrogen (secondary N) is 1. The molecule has 0 heterocycles. The molecule has 4 heteroatoms. The van der Waals surface area contributed by atoms with Crippen LogP contribution in [0.2, 0.25) is 0 Å². The summed E-state index contributed by atoms with van der Waals surface area (Å²) < 4.78 is 0. The van der Waals surface area contributed by atoms with Gasteiger partial charge in [0.2, 0.25) is 5.91 Å². The highest BCUT2D eigenvalue weighted by molar-refractivity contribution is 7.99. The van der Waals surface area contributed by atoms with Crippen molar-refractivity contribution >= 4 is 29.1 Å². The van der Waals surface area contributed by atoms with Crippen LogP contribution in [-0.2, 0) is 9.59 Å². The minimum Gasteiger partial charge on any atom is -0.326 e. The Morgan fingerprint density at radius 3 is 2.33 bits per heavy atom. The summed E-state index contributed by atoms with van der Waals surface area (Å²) in [5.74, 6) is 1.23. The number of carbonyl (C=O) groups is 2. The van der Waals surface area contributed by atoms with Crippen LogP contribution >= 0.6 is 11.8 Å². The Morgan fingerprint density at radius 2 is 1.78 bits per heavy atom. The fourth-order valence-electron chi connectivity index (χ4n) is 1.50. The highest BCUT2D eigenvalue weighted by Crippen LogP contribution is 2.21. The summed E-state index contributed by atoms with van der Waals surface area (Å²) in [6.07, 6.45) is 2.70. The minimum absolute atomic E-state index is 0.0559. The number of amides is 1. The molecular formula is C14H19NO2S. The van der Waals surface area contributed by atoms with Crippen LogP contribution in [0.1, 0.15) is 33.1 Å². The maximum Gasteiger partial charge on any atom is 0.221 e.